The Balaban J connectivity index is 2.46. The first-order chi connectivity index (χ1) is 27.2. The summed E-state index contributed by atoms with van der Waals surface area (Å²) in [6.07, 6.45) is 25.4. The Kier molecular flexibility index (Phi) is 33.8. The van der Waals surface area contributed by atoms with Crippen LogP contribution in [0.3, 0.4) is 0 Å². The maximum atomic E-state index is 13.1. The zero-order valence-corrected chi connectivity index (χ0v) is 35.6. The summed E-state index contributed by atoms with van der Waals surface area (Å²) in [7, 11) is 0. The lowest BCUT2D eigenvalue weighted by Gasteiger charge is -2.40. The molecule has 1 rings (SSSR count). The van der Waals surface area contributed by atoms with Crippen LogP contribution in [-0.2, 0) is 14.3 Å². The van der Waals surface area contributed by atoms with Crippen LogP contribution in [0.4, 0.5) is 0 Å². The number of unbranched alkanes of at least 4 members (excludes halogenated alkanes) is 24. The van der Waals surface area contributed by atoms with Gasteiger partial charge in [0.2, 0.25) is 5.91 Å². The molecule has 11 nitrogen and oxygen atoms in total. The summed E-state index contributed by atoms with van der Waals surface area (Å²) < 4.78 is 11.1. The molecule has 0 radical (unpaired) electrons. The first kappa shape index (κ1) is 52.9. The Morgan fingerprint density at radius 1 is 0.607 bits per heavy atom. The molecule has 56 heavy (non-hydrogen) atoms. The van der Waals surface area contributed by atoms with Crippen LogP contribution in [0.25, 0.3) is 0 Å². The Morgan fingerprint density at radius 3 is 1.50 bits per heavy atom. The molecule has 332 valence electrons. The van der Waals surface area contributed by atoms with E-state index in [2.05, 4.69) is 31.3 Å². The summed E-state index contributed by atoms with van der Waals surface area (Å²) in [5, 5.41) is 75.6. The molecule has 0 aromatic rings. The molecule has 4 unspecified atom stereocenters. The highest BCUT2D eigenvalue weighted by Gasteiger charge is 2.44. The number of hydrogen-bond donors (Lipinski definition) is 8. The average molecular weight is 802 g/mol. The second-order valence-corrected chi connectivity index (χ2v) is 16.5. The standard InChI is InChI=1S/C45H87NO10/c1-3-5-7-9-11-13-15-17-18-19-21-23-25-27-29-31-33-38(49)44(54)46-36(35-55-45-43(53)42(52)41(51)39(34-47)56-45)40(50)37(48)32-30-28-26-24-22-20-16-14-12-10-8-6-4-2/h16,20,36-43,45,47-53H,3-15,17-19,21-35H2,1-2H3,(H,46,54)/t36?,37?,38?,39-,40?,41-,42+,43-,45-/m1/s1. The van der Waals surface area contributed by atoms with Crippen molar-refractivity contribution in [1.82, 2.24) is 5.32 Å². The largest absolute Gasteiger partial charge is 0.394 e. The van der Waals surface area contributed by atoms with Gasteiger partial charge >= 0.3 is 0 Å². The smallest absolute Gasteiger partial charge is 0.249 e. The number of rotatable bonds is 38. The van der Waals surface area contributed by atoms with Crippen molar-refractivity contribution in [2.75, 3.05) is 13.2 Å². The van der Waals surface area contributed by atoms with E-state index in [9.17, 15) is 40.5 Å². The molecule has 1 amide bonds. The van der Waals surface area contributed by atoms with Gasteiger partial charge in [-0.25, -0.2) is 0 Å². The number of hydrogen-bond acceptors (Lipinski definition) is 10. The van der Waals surface area contributed by atoms with E-state index < -0.39 is 74.2 Å². The van der Waals surface area contributed by atoms with Crippen LogP contribution in [0, 0.1) is 0 Å². The van der Waals surface area contributed by atoms with Crippen molar-refractivity contribution in [3.63, 3.8) is 0 Å². The summed E-state index contributed by atoms with van der Waals surface area (Å²) >= 11 is 0. The van der Waals surface area contributed by atoms with Gasteiger partial charge in [0, 0.05) is 0 Å². The molecule has 1 heterocycles. The van der Waals surface area contributed by atoms with Gasteiger partial charge in [-0.2, -0.15) is 0 Å². The predicted octanol–water partition coefficient (Wildman–Crippen LogP) is 7.28. The van der Waals surface area contributed by atoms with Crippen LogP contribution in [-0.4, -0.2) is 110 Å². The van der Waals surface area contributed by atoms with E-state index in [1.807, 2.05) is 0 Å². The van der Waals surface area contributed by atoms with Crippen molar-refractivity contribution in [3.8, 4) is 0 Å². The van der Waals surface area contributed by atoms with Crippen molar-refractivity contribution >= 4 is 5.91 Å². The summed E-state index contributed by atoms with van der Waals surface area (Å²) in [4.78, 5) is 13.1. The zero-order valence-electron chi connectivity index (χ0n) is 35.6. The molecule has 1 aliphatic rings. The molecule has 0 aromatic heterocycles. The molecule has 0 spiro atoms. The third-order valence-electron chi connectivity index (χ3n) is 11.3. The van der Waals surface area contributed by atoms with Crippen LogP contribution < -0.4 is 5.32 Å². The predicted molar refractivity (Wildman–Crippen MR) is 224 cm³/mol. The van der Waals surface area contributed by atoms with Crippen LogP contribution >= 0.6 is 0 Å². The highest BCUT2D eigenvalue weighted by atomic mass is 16.7. The number of nitrogens with one attached hydrogen (secondary N) is 1. The second kappa shape index (κ2) is 35.8. The van der Waals surface area contributed by atoms with E-state index in [4.69, 9.17) is 9.47 Å². The summed E-state index contributed by atoms with van der Waals surface area (Å²) in [5.74, 6) is -0.700. The number of carbonyl (C=O) groups excluding carboxylic acids is 1. The normalized spacial score (nSPS) is 22.3. The van der Waals surface area contributed by atoms with Crippen molar-refractivity contribution in [2.24, 2.45) is 0 Å². The molecule has 0 aromatic carbocycles. The minimum absolute atomic E-state index is 0.261. The maximum absolute atomic E-state index is 13.1. The Labute approximate surface area is 341 Å². The van der Waals surface area contributed by atoms with E-state index in [0.717, 1.165) is 51.4 Å². The van der Waals surface area contributed by atoms with Gasteiger partial charge in [0.1, 0.15) is 36.6 Å². The first-order valence-corrected chi connectivity index (χ1v) is 23.1. The number of ether oxygens (including phenoxy) is 2. The van der Waals surface area contributed by atoms with Crippen LogP contribution in [0.15, 0.2) is 12.2 Å². The summed E-state index contributed by atoms with van der Waals surface area (Å²) in [5.41, 5.74) is 0. The lowest BCUT2D eigenvalue weighted by molar-refractivity contribution is -0.303. The Bertz CT molecular complexity index is 923. The van der Waals surface area contributed by atoms with Gasteiger partial charge in [0.05, 0.1) is 25.4 Å². The summed E-state index contributed by atoms with van der Waals surface area (Å²) in [6, 6.07) is -1.17. The van der Waals surface area contributed by atoms with E-state index in [1.165, 1.54) is 109 Å². The molecule has 8 N–H and O–H groups in total. The number of aliphatic hydroxyl groups is 7. The first-order valence-electron chi connectivity index (χ1n) is 23.1. The number of aliphatic hydroxyl groups excluding tert-OH is 7. The highest BCUT2D eigenvalue weighted by molar-refractivity contribution is 5.80. The fourth-order valence-electron chi connectivity index (χ4n) is 7.43. The van der Waals surface area contributed by atoms with Crippen molar-refractivity contribution in [1.29, 1.82) is 0 Å². The lowest BCUT2D eigenvalue weighted by Crippen LogP contribution is -2.60. The van der Waals surface area contributed by atoms with E-state index in [0.29, 0.717) is 19.3 Å². The molecular weight excluding hydrogens is 714 g/mol. The minimum atomic E-state index is -1.66. The van der Waals surface area contributed by atoms with Crippen molar-refractivity contribution < 1.29 is 50.0 Å². The molecule has 0 aliphatic carbocycles. The third-order valence-corrected chi connectivity index (χ3v) is 11.3. The molecule has 1 aliphatic heterocycles. The second-order valence-electron chi connectivity index (χ2n) is 16.5. The van der Waals surface area contributed by atoms with E-state index in [-0.39, 0.29) is 6.42 Å². The molecule has 0 bridgehead atoms. The topological polar surface area (TPSA) is 189 Å². The average Bonchev–Trinajstić information content (AvgIpc) is 3.20. The van der Waals surface area contributed by atoms with Crippen molar-refractivity contribution in [2.45, 2.75) is 255 Å². The molecular formula is C45H87NO10. The number of carbonyl (C=O) groups is 1. The third kappa shape index (κ3) is 25.4. The Hall–Kier alpha value is -1.15. The molecule has 1 fully saturated rings. The molecule has 0 saturated carbocycles. The zero-order chi connectivity index (χ0) is 41.2. The van der Waals surface area contributed by atoms with Gasteiger partial charge < -0.3 is 50.5 Å². The molecule has 11 heteroatoms. The molecule has 1 saturated heterocycles. The number of allylic oxidation sites excluding steroid dienone is 2. The highest BCUT2D eigenvalue weighted by Crippen LogP contribution is 2.23. The van der Waals surface area contributed by atoms with Gasteiger partial charge in [-0.15, -0.1) is 0 Å². The monoisotopic (exact) mass is 802 g/mol. The van der Waals surface area contributed by atoms with Gasteiger partial charge in [-0.05, 0) is 38.5 Å². The van der Waals surface area contributed by atoms with Crippen LogP contribution in [0.2, 0.25) is 0 Å². The van der Waals surface area contributed by atoms with Crippen LogP contribution in [0.5, 0.6) is 0 Å². The quantitative estimate of drug-likeness (QED) is 0.0233. The van der Waals surface area contributed by atoms with E-state index >= 15 is 0 Å². The van der Waals surface area contributed by atoms with Gasteiger partial charge in [0.15, 0.2) is 6.29 Å². The van der Waals surface area contributed by atoms with Crippen molar-refractivity contribution in [3.05, 3.63) is 12.2 Å². The fraction of sp³-hybridized carbons (Fsp3) is 0.933. The van der Waals surface area contributed by atoms with Gasteiger partial charge in [0.25, 0.3) is 0 Å². The minimum Gasteiger partial charge on any atom is -0.394 e. The van der Waals surface area contributed by atoms with Crippen LogP contribution in [0.1, 0.15) is 200 Å². The SMILES string of the molecule is CCCCCCCC=CCCCCCCC(O)C(O)C(CO[C@@H]1O[C@H](CO)[C@@H](O)[C@H](O)[C@H]1O)NC(=O)C(O)CCCCCCCCCCCCCCCCCC. The fourth-order valence-corrected chi connectivity index (χ4v) is 7.43. The maximum Gasteiger partial charge on any atom is 0.249 e. The lowest BCUT2D eigenvalue weighted by atomic mass is 9.98. The molecule has 9 atom stereocenters. The van der Waals surface area contributed by atoms with Gasteiger partial charge in [-0.1, -0.05) is 174 Å². The van der Waals surface area contributed by atoms with E-state index in [1.54, 1.807) is 0 Å². The Morgan fingerprint density at radius 2 is 1.04 bits per heavy atom. The summed E-state index contributed by atoms with van der Waals surface area (Å²) in [6.45, 7) is 3.42. The van der Waals surface area contributed by atoms with Gasteiger partial charge in [-0.3, -0.25) is 4.79 Å². The number of amides is 1.